The number of hydrogen-bond donors (Lipinski definition) is 1. The number of carbonyl (C=O) groups is 2. The highest BCUT2D eigenvalue weighted by atomic mass is 35.5. The fourth-order valence-corrected chi connectivity index (χ4v) is 5.78. The molecule has 0 saturated carbocycles. The third-order valence-electron chi connectivity index (χ3n) is 6.04. The van der Waals surface area contributed by atoms with Gasteiger partial charge in [0.05, 0.1) is 10.8 Å². The third kappa shape index (κ3) is 4.67. The molecule has 1 atom stereocenters. The molecule has 1 unspecified atom stereocenters. The molecule has 170 valence electrons. The van der Waals surface area contributed by atoms with Crippen molar-refractivity contribution >= 4 is 44.8 Å². The van der Waals surface area contributed by atoms with Crippen LogP contribution < -0.4 is 10.2 Å². The van der Waals surface area contributed by atoms with Gasteiger partial charge in [0.15, 0.2) is 0 Å². The van der Waals surface area contributed by atoms with Crippen LogP contribution in [0.25, 0.3) is 0 Å². The molecule has 9 heteroatoms. The first-order valence-corrected chi connectivity index (χ1v) is 12.5. The van der Waals surface area contributed by atoms with Crippen LogP contribution in [0, 0.1) is 12.8 Å². The minimum absolute atomic E-state index is 0.110. The number of hydrogen-bond acceptors (Lipinski definition) is 4. The summed E-state index contributed by atoms with van der Waals surface area (Å²) < 4.78 is 27.0. The number of halogens is 1. The van der Waals surface area contributed by atoms with Gasteiger partial charge in [-0.25, -0.2) is 8.42 Å². The molecule has 2 aromatic carbocycles. The Morgan fingerprint density at radius 3 is 2.41 bits per heavy atom. The SMILES string of the molecule is Cc1ccc(N2CC(C(=O)Nc3ccc(S(=O)(=O)N4CCCCC4)cc3)CC2=O)cc1Cl. The summed E-state index contributed by atoms with van der Waals surface area (Å²) in [4.78, 5) is 27.0. The molecule has 2 aromatic rings. The van der Waals surface area contributed by atoms with Crippen LogP contribution in [0.5, 0.6) is 0 Å². The first-order valence-electron chi connectivity index (χ1n) is 10.7. The maximum Gasteiger partial charge on any atom is 0.243 e. The van der Waals surface area contributed by atoms with Gasteiger partial charge in [-0.2, -0.15) is 4.31 Å². The number of nitrogens with zero attached hydrogens (tertiary/aromatic N) is 2. The average Bonchev–Trinajstić information content (AvgIpc) is 3.18. The smallest absolute Gasteiger partial charge is 0.243 e. The molecule has 2 amide bonds. The highest BCUT2D eigenvalue weighted by Gasteiger charge is 2.35. The zero-order valence-corrected chi connectivity index (χ0v) is 19.5. The van der Waals surface area contributed by atoms with Crippen molar-refractivity contribution in [3.63, 3.8) is 0 Å². The first kappa shape index (κ1) is 22.8. The Balaban J connectivity index is 1.41. The van der Waals surface area contributed by atoms with Gasteiger partial charge in [0.2, 0.25) is 21.8 Å². The molecule has 0 aromatic heterocycles. The first-order chi connectivity index (χ1) is 15.3. The Labute approximate surface area is 193 Å². The molecule has 2 aliphatic rings. The number of rotatable bonds is 5. The van der Waals surface area contributed by atoms with Gasteiger partial charge in [0.25, 0.3) is 0 Å². The van der Waals surface area contributed by atoms with E-state index in [0.717, 1.165) is 24.8 Å². The second-order valence-corrected chi connectivity index (χ2v) is 10.7. The highest BCUT2D eigenvalue weighted by Crippen LogP contribution is 2.29. The molecule has 2 aliphatic heterocycles. The molecule has 0 aliphatic carbocycles. The predicted molar refractivity (Wildman–Crippen MR) is 124 cm³/mol. The van der Waals surface area contributed by atoms with Crippen molar-refractivity contribution in [1.29, 1.82) is 0 Å². The Bertz CT molecular complexity index is 1130. The van der Waals surface area contributed by atoms with Crippen molar-refractivity contribution in [1.82, 2.24) is 4.31 Å². The minimum atomic E-state index is -3.52. The van der Waals surface area contributed by atoms with Crippen molar-refractivity contribution in [3.8, 4) is 0 Å². The fraction of sp³-hybridized carbons (Fsp3) is 0.391. The lowest BCUT2D eigenvalue weighted by Crippen LogP contribution is -2.35. The van der Waals surface area contributed by atoms with Crippen molar-refractivity contribution < 1.29 is 18.0 Å². The Kier molecular flexibility index (Phi) is 6.55. The molecule has 32 heavy (non-hydrogen) atoms. The Morgan fingerprint density at radius 1 is 1.06 bits per heavy atom. The van der Waals surface area contributed by atoms with E-state index in [9.17, 15) is 18.0 Å². The van der Waals surface area contributed by atoms with Crippen LogP contribution in [-0.4, -0.2) is 44.2 Å². The van der Waals surface area contributed by atoms with Gasteiger partial charge in [0, 0.05) is 42.5 Å². The molecule has 0 radical (unpaired) electrons. The second kappa shape index (κ2) is 9.21. The molecular formula is C23H26ClN3O4S. The summed E-state index contributed by atoms with van der Waals surface area (Å²) in [6.07, 6.45) is 2.91. The van der Waals surface area contributed by atoms with Crippen LogP contribution in [0.2, 0.25) is 5.02 Å². The van der Waals surface area contributed by atoms with Gasteiger partial charge in [-0.1, -0.05) is 24.1 Å². The predicted octanol–water partition coefficient (Wildman–Crippen LogP) is 3.81. The molecule has 7 nitrogen and oxygen atoms in total. The van der Waals surface area contributed by atoms with E-state index in [1.165, 1.54) is 16.4 Å². The molecule has 0 bridgehead atoms. The van der Waals surface area contributed by atoms with Gasteiger partial charge in [-0.3, -0.25) is 9.59 Å². The highest BCUT2D eigenvalue weighted by molar-refractivity contribution is 7.89. The Hall–Kier alpha value is -2.42. The molecule has 2 fully saturated rings. The van der Waals surface area contributed by atoms with Gasteiger partial charge in [-0.05, 0) is 61.7 Å². The van der Waals surface area contributed by atoms with Crippen LogP contribution in [0.3, 0.4) is 0 Å². The number of anilines is 2. The van der Waals surface area contributed by atoms with Crippen LogP contribution in [0.15, 0.2) is 47.4 Å². The zero-order valence-electron chi connectivity index (χ0n) is 17.9. The number of carbonyl (C=O) groups excluding carboxylic acids is 2. The maximum atomic E-state index is 12.8. The van der Waals surface area contributed by atoms with E-state index >= 15 is 0 Å². The summed E-state index contributed by atoms with van der Waals surface area (Å²) in [7, 11) is -3.52. The fourth-order valence-electron chi connectivity index (χ4n) is 4.09. The van der Waals surface area contributed by atoms with E-state index in [1.807, 2.05) is 19.1 Å². The van der Waals surface area contributed by atoms with Gasteiger partial charge in [-0.15, -0.1) is 0 Å². The van der Waals surface area contributed by atoms with Crippen LogP contribution >= 0.6 is 11.6 Å². The summed E-state index contributed by atoms with van der Waals surface area (Å²) in [6, 6.07) is 11.6. The van der Waals surface area contributed by atoms with E-state index < -0.39 is 15.9 Å². The second-order valence-electron chi connectivity index (χ2n) is 8.32. The van der Waals surface area contributed by atoms with Gasteiger partial charge >= 0.3 is 0 Å². The standard InChI is InChI=1S/C23H26ClN3O4S/c1-16-5-8-19(14-21(16)24)27-15-17(13-22(27)28)23(29)25-18-6-9-20(10-7-18)32(30,31)26-11-3-2-4-12-26/h5-10,14,17H,2-4,11-13,15H2,1H3,(H,25,29). The number of piperidine rings is 1. The molecule has 0 spiro atoms. The summed E-state index contributed by atoms with van der Waals surface area (Å²) in [5.74, 6) is -0.905. The number of sulfonamides is 1. The summed E-state index contributed by atoms with van der Waals surface area (Å²) in [5, 5.41) is 3.37. The van der Waals surface area contributed by atoms with E-state index in [4.69, 9.17) is 11.6 Å². The average molecular weight is 476 g/mol. The van der Waals surface area contributed by atoms with Gasteiger partial charge in [0.1, 0.15) is 0 Å². The summed E-state index contributed by atoms with van der Waals surface area (Å²) in [6.45, 7) is 3.24. The van der Waals surface area contributed by atoms with Crippen molar-refractivity contribution in [2.24, 2.45) is 5.92 Å². The lowest BCUT2D eigenvalue weighted by atomic mass is 10.1. The summed E-state index contributed by atoms with van der Waals surface area (Å²) in [5.41, 5.74) is 2.09. The normalized spacial score (nSPS) is 19.9. The number of amides is 2. The van der Waals surface area contributed by atoms with Crippen LogP contribution in [0.1, 0.15) is 31.2 Å². The number of nitrogens with one attached hydrogen (secondary N) is 1. The van der Waals surface area contributed by atoms with Crippen LogP contribution in [0.4, 0.5) is 11.4 Å². The lowest BCUT2D eigenvalue weighted by molar-refractivity contribution is -0.122. The largest absolute Gasteiger partial charge is 0.326 e. The lowest BCUT2D eigenvalue weighted by Gasteiger charge is -2.25. The maximum absolute atomic E-state index is 12.8. The van der Waals surface area contributed by atoms with E-state index in [2.05, 4.69) is 5.32 Å². The number of aryl methyl sites for hydroxylation is 1. The molecule has 1 N–H and O–H groups in total. The Morgan fingerprint density at radius 2 is 1.75 bits per heavy atom. The van der Waals surface area contributed by atoms with Crippen molar-refractivity contribution in [3.05, 3.63) is 53.1 Å². The molecule has 2 heterocycles. The van der Waals surface area contributed by atoms with E-state index in [-0.39, 0.29) is 29.7 Å². The zero-order chi connectivity index (χ0) is 22.9. The van der Waals surface area contributed by atoms with Crippen LogP contribution in [-0.2, 0) is 19.6 Å². The molecular weight excluding hydrogens is 450 g/mol. The quantitative estimate of drug-likeness (QED) is 0.712. The van der Waals surface area contributed by atoms with Gasteiger partial charge < -0.3 is 10.2 Å². The van der Waals surface area contributed by atoms with Crippen molar-refractivity contribution in [2.45, 2.75) is 37.5 Å². The summed E-state index contributed by atoms with van der Waals surface area (Å²) >= 11 is 6.18. The monoisotopic (exact) mass is 475 g/mol. The van der Waals surface area contributed by atoms with Crippen molar-refractivity contribution in [2.75, 3.05) is 29.9 Å². The minimum Gasteiger partial charge on any atom is -0.326 e. The van der Waals surface area contributed by atoms with E-state index in [1.54, 1.807) is 23.1 Å². The number of benzene rings is 2. The van der Waals surface area contributed by atoms with E-state index in [0.29, 0.717) is 29.5 Å². The third-order valence-corrected chi connectivity index (χ3v) is 8.36. The topological polar surface area (TPSA) is 86.8 Å². The molecule has 2 saturated heterocycles. The molecule has 4 rings (SSSR count).